The van der Waals surface area contributed by atoms with E-state index in [-0.39, 0.29) is 5.56 Å². The molecule has 0 radical (unpaired) electrons. The van der Waals surface area contributed by atoms with Gasteiger partial charge < -0.3 is 19.8 Å². The largest absolute Gasteiger partial charge is 0.549 e. The van der Waals surface area contributed by atoms with Gasteiger partial charge in [-0.25, -0.2) is 0 Å². The number of aliphatic carboxylic acids is 2. The van der Waals surface area contributed by atoms with Crippen molar-refractivity contribution >= 4 is 11.9 Å². The fraction of sp³-hybridized carbons (Fsp3) is 0.273. The van der Waals surface area contributed by atoms with Crippen LogP contribution in [0.5, 0.6) is 0 Å². The van der Waals surface area contributed by atoms with E-state index in [0.717, 1.165) is 5.56 Å². The number of carbonyl (C=O) groups is 2. The molecule has 0 aliphatic heterocycles. The fourth-order valence-corrected chi connectivity index (χ4v) is 1.42. The second kappa shape index (κ2) is 4.13. The number of benzene rings is 1. The molecule has 80 valence electrons. The van der Waals surface area contributed by atoms with E-state index in [1.165, 1.54) is 6.07 Å². The molecular formula is C11H10O4-2. The van der Waals surface area contributed by atoms with Crippen LogP contribution in [-0.4, -0.2) is 11.9 Å². The minimum absolute atomic E-state index is 0.218. The predicted octanol–water partition coefficient (Wildman–Crippen LogP) is -1.11. The smallest absolute Gasteiger partial charge is 0.0634 e. The predicted molar refractivity (Wildman–Crippen MR) is 48.7 cm³/mol. The molecule has 4 nitrogen and oxygen atoms in total. The second-order valence-corrected chi connectivity index (χ2v) is 3.43. The van der Waals surface area contributed by atoms with Gasteiger partial charge in [0.2, 0.25) is 0 Å². The summed E-state index contributed by atoms with van der Waals surface area (Å²) in [5, 5.41) is 21.3. The minimum Gasteiger partial charge on any atom is -0.549 e. The summed E-state index contributed by atoms with van der Waals surface area (Å²) in [6, 6.07) is 4.97. The van der Waals surface area contributed by atoms with Crippen LogP contribution in [0.15, 0.2) is 18.2 Å². The zero-order valence-electron chi connectivity index (χ0n) is 8.44. The molecule has 0 atom stereocenters. The molecule has 4 heteroatoms. The van der Waals surface area contributed by atoms with Crippen LogP contribution >= 0.6 is 0 Å². The molecule has 0 aliphatic carbocycles. The summed E-state index contributed by atoms with van der Waals surface area (Å²) in [4.78, 5) is 21.3. The highest BCUT2D eigenvalue weighted by molar-refractivity contribution is 5.97. The average molecular weight is 206 g/mol. The summed E-state index contributed by atoms with van der Waals surface area (Å²) in [7, 11) is 0. The van der Waals surface area contributed by atoms with E-state index in [1.54, 1.807) is 26.0 Å². The van der Waals surface area contributed by atoms with E-state index in [4.69, 9.17) is 0 Å². The molecule has 0 aromatic heterocycles. The number of carboxylic acids is 2. The maximum Gasteiger partial charge on any atom is 0.0634 e. The highest BCUT2D eigenvalue weighted by Gasteiger charge is 2.16. The lowest BCUT2D eigenvalue weighted by molar-refractivity contribution is -0.326. The summed E-state index contributed by atoms with van der Waals surface area (Å²) in [6.07, 6.45) is 0. The van der Waals surface area contributed by atoms with Gasteiger partial charge in [0.1, 0.15) is 0 Å². The van der Waals surface area contributed by atoms with Crippen molar-refractivity contribution in [1.29, 1.82) is 0 Å². The van der Waals surface area contributed by atoms with Crippen molar-refractivity contribution < 1.29 is 19.8 Å². The van der Waals surface area contributed by atoms with Gasteiger partial charge in [0.05, 0.1) is 17.9 Å². The zero-order valence-corrected chi connectivity index (χ0v) is 8.44. The Morgan fingerprint density at radius 1 is 1.13 bits per heavy atom. The Balaban J connectivity index is 3.28. The molecular weight excluding hydrogens is 196 g/mol. The van der Waals surface area contributed by atoms with Gasteiger partial charge in [-0.15, -0.1) is 0 Å². The fourth-order valence-electron chi connectivity index (χ4n) is 1.42. The van der Waals surface area contributed by atoms with Crippen LogP contribution < -0.4 is 10.2 Å². The normalized spacial score (nSPS) is 10.3. The number of carbonyl (C=O) groups excluding carboxylic acids is 2. The van der Waals surface area contributed by atoms with Crippen molar-refractivity contribution in [3.8, 4) is 0 Å². The SMILES string of the molecule is Cc1ccc(C)c(C(C(=O)[O-])C(=O)[O-])c1. The van der Waals surface area contributed by atoms with Crippen LogP contribution in [0.2, 0.25) is 0 Å². The molecule has 0 bridgehead atoms. The van der Waals surface area contributed by atoms with E-state index in [2.05, 4.69) is 0 Å². The highest BCUT2D eigenvalue weighted by Crippen LogP contribution is 2.20. The van der Waals surface area contributed by atoms with Gasteiger partial charge in [-0.3, -0.25) is 0 Å². The Labute approximate surface area is 87.2 Å². The third-order valence-electron chi connectivity index (χ3n) is 2.22. The van der Waals surface area contributed by atoms with E-state index < -0.39 is 17.9 Å². The van der Waals surface area contributed by atoms with Gasteiger partial charge in [0.15, 0.2) is 0 Å². The molecule has 1 aromatic carbocycles. The van der Waals surface area contributed by atoms with E-state index in [0.29, 0.717) is 5.56 Å². The van der Waals surface area contributed by atoms with Crippen LogP contribution in [0, 0.1) is 13.8 Å². The van der Waals surface area contributed by atoms with Crippen LogP contribution in [0.4, 0.5) is 0 Å². The van der Waals surface area contributed by atoms with E-state index in [9.17, 15) is 19.8 Å². The van der Waals surface area contributed by atoms with Crippen molar-refractivity contribution in [2.24, 2.45) is 0 Å². The molecule has 0 aliphatic rings. The summed E-state index contributed by atoms with van der Waals surface area (Å²) in [5.74, 6) is -5.00. The van der Waals surface area contributed by atoms with Gasteiger partial charge in [0.25, 0.3) is 0 Å². The van der Waals surface area contributed by atoms with Crippen LogP contribution in [0.3, 0.4) is 0 Å². The molecule has 0 spiro atoms. The van der Waals surface area contributed by atoms with Gasteiger partial charge in [0, 0.05) is 0 Å². The lowest BCUT2D eigenvalue weighted by Gasteiger charge is -2.21. The van der Waals surface area contributed by atoms with Crippen molar-refractivity contribution in [2.75, 3.05) is 0 Å². The average Bonchev–Trinajstić information content (AvgIpc) is 2.10. The van der Waals surface area contributed by atoms with Crippen LogP contribution in [0.1, 0.15) is 22.6 Å². The molecule has 0 saturated carbocycles. The van der Waals surface area contributed by atoms with Crippen molar-refractivity contribution in [2.45, 2.75) is 19.8 Å². The lowest BCUT2D eigenvalue weighted by Crippen LogP contribution is -2.41. The minimum atomic E-state index is -1.70. The van der Waals surface area contributed by atoms with Crippen LogP contribution in [-0.2, 0) is 9.59 Å². The maximum atomic E-state index is 10.7. The summed E-state index contributed by atoms with van der Waals surface area (Å²) in [5.41, 5.74) is 1.61. The molecule has 0 fully saturated rings. The molecule has 15 heavy (non-hydrogen) atoms. The lowest BCUT2D eigenvalue weighted by atomic mass is 9.93. The van der Waals surface area contributed by atoms with E-state index >= 15 is 0 Å². The third kappa shape index (κ3) is 2.34. The first-order chi connectivity index (χ1) is 6.93. The summed E-state index contributed by atoms with van der Waals surface area (Å²) >= 11 is 0. The number of hydrogen-bond acceptors (Lipinski definition) is 4. The van der Waals surface area contributed by atoms with Crippen molar-refractivity contribution in [3.05, 3.63) is 34.9 Å². The van der Waals surface area contributed by atoms with Gasteiger partial charge >= 0.3 is 0 Å². The number of aryl methyl sites for hydroxylation is 2. The number of carboxylic acid groups (broad SMARTS) is 2. The van der Waals surface area contributed by atoms with Crippen LogP contribution in [0.25, 0.3) is 0 Å². The Hall–Kier alpha value is -1.84. The molecule has 0 amide bonds. The first-order valence-electron chi connectivity index (χ1n) is 4.42. The molecule has 0 N–H and O–H groups in total. The highest BCUT2D eigenvalue weighted by atomic mass is 16.4. The van der Waals surface area contributed by atoms with Crippen molar-refractivity contribution in [1.82, 2.24) is 0 Å². The molecule has 1 rings (SSSR count). The molecule has 0 saturated heterocycles. The standard InChI is InChI=1S/C11H12O4/c1-6-3-4-7(2)8(5-6)9(10(12)13)11(14)15/h3-5,9H,1-2H3,(H,12,13)(H,14,15)/p-2. The van der Waals surface area contributed by atoms with Crippen molar-refractivity contribution in [3.63, 3.8) is 0 Å². The molecule has 1 aromatic rings. The van der Waals surface area contributed by atoms with E-state index in [1.807, 2.05) is 0 Å². The topological polar surface area (TPSA) is 80.3 Å². The summed E-state index contributed by atoms with van der Waals surface area (Å²) in [6.45, 7) is 3.40. The molecule has 0 heterocycles. The Bertz CT molecular complexity index is 395. The Kier molecular flexibility index (Phi) is 3.09. The maximum absolute atomic E-state index is 10.7. The summed E-state index contributed by atoms with van der Waals surface area (Å²) < 4.78 is 0. The van der Waals surface area contributed by atoms with Gasteiger partial charge in [-0.05, 0) is 25.0 Å². The Morgan fingerprint density at radius 3 is 2.13 bits per heavy atom. The monoisotopic (exact) mass is 206 g/mol. The Morgan fingerprint density at radius 2 is 1.67 bits per heavy atom. The quantitative estimate of drug-likeness (QED) is 0.587. The first kappa shape index (κ1) is 11.2. The van der Waals surface area contributed by atoms with Gasteiger partial charge in [-0.2, -0.15) is 0 Å². The number of rotatable bonds is 3. The van der Waals surface area contributed by atoms with Gasteiger partial charge in [-0.1, -0.05) is 23.8 Å². The zero-order chi connectivity index (χ0) is 11.6. The third-order valence-corrected chi connectivity index (χ3v) is 2.22. The number of hydrogen-bond donors (Lipinski definition) is 0. The molecule has 0 unspecified atom stereocenters. The first-order valence-corrected chi connectivity index (χ1v) is 4.42. The second-order valence-electron chi connectivity index (χ2n) is 3.43.